The summed E-state index contributed by atoms with van der Waals surface area (Å²) in [4.78, 5) is 26.2. The quantitative estimate of drug-likeness (QED) is 0.600. The molecule has 0 aromatic heterocycles. The van der Waals surface area contributed by atoms with Crippen LogP contribution in [0.3, 0.4) is 0 Å². The molecule has 0 atom stereocenters. The Morgan fingerprint density at radius 3 is 2.29 bits per heavy atom. The number of hydrogen-bond acceptors (Lipinski definition) is 3. The number of ether oxygens (including phenoxy) is 1. The average molecular weight is 333 g/mol. The van der Waals surface area contributed by atoms with Gasteiger partial charge in [0.15, 0.2) is 5.78 Å². The van der Waals surface area contributed by atoms with Crippen LogP contribution in [-0.2, 0) is 16.1 Å². The normalized spacial score (nSPS) is 11.2. The molecule has 0 heterocycles. The molecule has 0 fully saturated rings. The molecule has 0 aliphatic rings. The monoisotopic (exact) mass is 333 g/mol. The number of benzene rings is 1. The minimum Gasteiger partial charge on any atom is -0.444 e. The highest BCUT2D eigenvalue weighted by Gasteiger charge is 2.24. The molecule has 0 bridgehead atoms. The predicted molar refractivity (Wildman–Crippen MR) is 96.9 cm³/mol. The molecule has 134 valence electrons. The van der Waals surface area contributed by atoms with E-state index in [2.05, 4.69) is 6.92 Å². The number of Topliss-reactive ketones (excluding diaryl/α,β-unsaturated/α-hetero) is 1. The van der Waals surface area contributed by atoms with Gasteiger partial charge in [0.2, 0.25) is 0 Å². The molecule has 0 radical (unpaired) electrons. The van der Waals surface area contributed by atoms with Crippen molar-refractivity contribution in [2.24, 2.45) is 0 Å². The number of carbonyl (C=O) groups is 2. The minimum absolute atomic E-state index is 0.0906. The first-order valence-electron chi connectivity index (χ1n) is 8.85. The van der Waals surface area contributed by atoms with Gasteiger partial charge in [0, 0.05) is 13.0 Å². The molecule has 24 heavy (non-hydrogen) atoms. The smallest absolute Gasteiger partial charge is 0.410 e. The Balaban J connectivity index is 2.66. The van der Waals surface area contributed by atoms with Crippen LogP contribution in [0.1, 0.15) is 65.4 Å². The van der Waals surface area contributed by atoms with Gasteiger partial charge in [0.25, 0.3) is 0 Å². The van der Waals surface area contributed by atoms with E-state index in [0.29, 0.717) is 13.0 Å². The zero-order chi connectivity index (χ0) is 18.0. The third-order valence-corrected chi connectivity index (χ3v) is 3.54. The Kier molecular flexibility index (Phi) is 8.51. The molecule has 0 N–H and O–H groups in total. The van der Waals surface area contributed by atoms with Crippen molar-refractivity contribution in [3.05, 3.63) is 35.9 Å². The van der Waals surface area contributed by atoms with Crippen molar-refractivity contribution in [2.45, 2.75) is 71.9 Å². The second-order valence-corrected chi connectivity index (χ2v) is 7.17. The largest absolute Gasteiger partial charge is 0.444 e. The molecular weight excluding hydrogens is 302 g/mol. The molecule has 0 unspecified atom stereocenters. The van der Waals surface area contributed by atoms with E-state index in [9.17, 15) is 9.59 Å². The van der Waals surface area contributed by atoms with Gasteiger partial charge in [-0.1, -0.05) is 56.5 Å². The Morgan fingerprint density at radius 1 is 1.04 bits per heavy atom. The van der Waals surface area contributed by atoms with Crippen LogP contribution in [0.4, 0.5) is 4.79 Å². The molecule has 4 heteroatoms. The molecule has 4 nitrogen and oxygen atoms in total. The van der Waals surface area contributed by atoms with Gasteiger partial charge in [-0.25, -0.2) is 4.79 Å². The lowest BCUT2D eigenvalue weighted by atomic mass is 10.1. The van der Waals surface area contributed by atoms with E-state index in [1.807, 2.05) is 51.1 Å². The van der Waals surface area contributed by atoms with Gasteiger partial charge in [0.1, 0.15) is 5.60 Å². The number of nitrogens with zero attached hydrogens (tertiary/aromatic N) is 1. The maximum Gasteiger partial charge on any atom is 0.410 e. The summed E-state index contributed by atoms with van der Waals surface area (Å²) in [5, 5.41) is 0. The van der Waals surface area contributed by atoms with Crippen molar-refractivity contribution in [1.82, 2.24) is 4.90 Å². The fourth-order valence-electron chi connectivity index (χ4n) is 2.36. The molecule has 1 rings (SSSR count). The summed E-state index contributed by atoms with van der Waals surface area (Å²) in [5.74, 6) is 0.0906. The van der Waals surface area contributed by atoms with Gasteiger partial charge in [-0.3, -0.25) is 9.69 Å². The van der Waals surface area contributed by atoms with Gasteiger partial charge >= 0.3 is 6.09 Å². The fraction of sp³-hybridized carbons (Fsp3) is 0.600. The number of carbonyl (C=O) groups excluding carboxylic acids is 2. The lowest BCUT2D eigenvalue weighted by molar-refractivity contribution is -0.120. The van der Waals surface area contributed by atoms with Crippen molar-refractivity contribution in [3.8, 4) is 0 Å². The van der Waals surface area contributed by atoms with Crippen molar-refractivity contribution >= 4 is 11.9 Å². The molecule has 1 amide bonds. The molecule has 0 aliphatic carbocycles. The van der Waals surface area contributed by atoms with Crippen molar-refractivity contribution in [1.29, 1.82) is 0 Å². The van der Waals surface area contributed by atoms with Crippen LogP contribution in [0.15, 0.2) is 30.3 Å². The summed E-state index contributed by atoms with van der Waals surface area (Å²) >= 11 is 0. The van der Waals surface area contributed by atoms with E-state index < -0.39 is 11.7 Å². The lowest BCUT2D eigenvalue weighted by Gasteiger charge is -2.27. The first-order valence-corrected chi connectivity index (χ1v) is 8.85. The van der Waals surface area contributed by atoms with Crippen LogP contribution < -0.4 is 0 Å². The van der Waals surface area contributed by atoms with E-state index in [0.717, 1.165) is 31.2 Å². The van der Waals surface area contributed by atoms with Gasteiger partial charge in [-0.2, -0.15) is 0 Å². The van der Waals surface area contributed by atoms with Crippen molar-refractivity contribution in [3.63, 3.8) is 0 Å². The molecule has 1 aromatic rings. The SMILES string of the molecule is CCCCCCC(=O)CN(Cc1ccccc1)C(=O)OC(C)(C)C. The van der Waals surface area contributed by atoms with Crippen LogP contribution in [-0.4, -0.2) is 28.9 Å². The second kappa shape index (κ2) is 10.1. The third kappa shape index (κ3) is 8.70. The maximum atomic E-state index is 12.4. The average Bonchev–Trinajstić information content (AvgIpc) is 2.50. The summed E-state index contributed by atoms with van der Waals surface area (Å²) in [6.07, 6.45) is 4.33. The summed E-state index contributed by atoms with van der Waals surface area (Å²) in [6, 6.07) is 9.68. The van der Waals surface area contributed by atoms with Crippen LogP contribution in [0.25, 0.3) is 0 Å². The maximum absolute atomic E-state index is 12.4. The van der Waals surface area contributed by atoms with E-state index in [-0.39, 0.29) is 12.3 Å². The predicted octanol–water partition coefficient (Wildman–Crippen LogP) is 4.96. The molecule has 0 saturated heterocycles. The molecule has 1 aromatic carbocycles. The summed E-state index contributed by atoms with van der Waals surface area (Å²) in [7, 11) is 0. The van der Waals surface area contributed by atoms with Gasteiger partial charge < -0.3 is 4.74 Å². The summed E-state index contributed by atoms with van der Waals surface area (Å²) in [5.41, 5.74) is 0.415. The van der Waals surface area contributed by atoms with Crippen LogP contribution in [0, 0.1) is 0 Å². The zero-order valence-corrected chi connectivity index (χ0v) is 15.5. The first kappa shape index (κ1) is 20.2. The van der Waals surface area contributed by atoms with E-state index >= 15 is 0 Å². The minimum atomic E-state index is -0.573. The fourth-order valence-corrected chi connectivity index (χ4v) is 2.36. The Morgan fingerprint density at radius 2 is 1.71 bits per heavy atom. The highest BCUT2D eigenvalue weighted by Crippen LogP contribution is 2.13. The summed E-state index contributed by atoms with van der Waals surface area (Å²) in [6.45, 7) is 8.13. The Hall–Kier alpha value is -1.84. The molecule has 0 saturated carbocycles. The zero-order valence-electron chi connectivity index (χ0n) is 15.5. The Bertz CT molecular complexity index is 505. The third-order valence-electron chi connectivity index (χ3n) is 3.54. The lowest BCUT2D eigenvalue weighted by Crippen LogP contribution is -2.39. The molecular formula is C20H31NO3. The van der Waals surface area contributed by atoms with Crippen molar-refractivity contribution in [2.75, 3.05) is 6.54 Å². The number of ketones is 1. The number of amides is 1. The van der Waals surface area contributed by atoms with Gasteiger partial charge in [-0.15, -0.1) is 0 Å². The molecule has 0 aliphatic heterocycles. The van der Waals surface area contributed by atoms with Crippen LogP contribution in [0.2, 0.25) is 0 Å². The summed E-state index contributed by atoms with van der Waals surface area (Å²) < 4.78 is 5.45. The van der Waals surface area contributed by atoms with Crippen molar-refractivity contribution < 1.29 is 14.3 Å². The number of unbranched alkanes of at least 4 members (excludes halogenated alkanes) is 3. The van der Waals surface area contributed by atoms with Gasteiger partial charge in [0.05, 0.1) is 6.54 Å². The highest BCUT2D eigenvalue weighted by molar-refractivity contribution is 5.84. The number of hydrogen-bond donors (Lipinski definition) is 0. The topological polar surface area (TPSA) is 46.6 Å². The highest BCUT2D eigenvalue weighted by atomic mass is 16.6. The standard InChI is InChI=1S/C20H31NO3/c1-5-6-7-11-14-18(22)16-21(19(23)24-20(2,3)4)15-17-12-9-8-10-13-17/h8-10,12-13H,5-7,11,14-16H2,1-4H3. The first-order chi connectivity index (χ1) is 11.3. The van der Waals surface area contributed by atoms with E-state index in [1.165, 1.54) is 4.90 Å². The molecule has 0 spiro atoms. The van der Waals surface area contributed by atoms with Crippen LogP contribution >= 0.6 is 0 Å². The second-order valence-electron chi connectivity index (χ2n) is 7.17. The van der Waals surface area contributed by atoms with Gasteiger partial charge in [-0.05, 0) is 32.8 Å². The van der Waals surface area contributed by atoms with E-state index in [4.69, 9.17) is 4.74 Å². The number of rotatable bonds is 9. The Labute approximate surface area is 146 Å². The van der Waals surface area contributed by atoms with E-state index in [1.54, 1.807) is 0 Å². The van der Waals surface area contributed by atoms with Crippen LogP contribution in [0.5, 0.6) is 0 Å².